The lowest BCUT2D eigenvalue weighted by molar-refractivity contribution is -0.142. The summed E-state index contributed by atoms with van der Waals surface area (Å²) in [7, 11) is 2.15. The van der Waals surface area contributed by atoms with E-state index < -0.39 is 0 Å². The number of piperidine rings is 3. The van der Waals surface area contributed by atoms with Gasteiger partial charge in [-0.2, -0.15) is 0 Å². The van der Waals surface area contributed by atoms with Crippen LogP contribution in [0.25, 0.3) is 0 Å². The van der Waals surface area contributed by atoms with Crippen molar-refractivity contribution in [2.75, 3.05) is 39.8 Å². The molecule has 0 bridgehead atoms. The van der Waals surface area contributed by atoms with Gasteiger partial charge in [-0.3, -0.25) is 9.59 Å². The number of likely N-dealkylation sites (tertiary alicyclic amines) is 3. The molecule has 0 aromatic rings. The maximum absolute atomic E-state index is 12.7. The lowest BCUT2D eigenvalue weighted by atomic mass is 9.72. The van der Waals surface area contributed by atoms with E-state index in [0.717, 1.165) is 51.9 Å². The third kappa shape index (κ3) is 4.25. The van der Waals surface area contributed by atoms with Crippen LogP contribution in [-0.2, 0) is 9.59 Å². The molecule has 3 heterocycles. The maximum Gasteiger partial charge on any atom is 0.224 e. The quantitative estimate of drug-likeness (QED) is 0.733. The van der Waals surface area contributed by atoms with Crippen LogP contribution in [0.1, 0.15) is 51.4 Å². The molecule has 25 heavy (non-hydrogen) atoms. The molecule has 3 rings (SSSR count). The molecule has 2 amide bonds. The summed E-state index contributed by atoms with van der Waals surface area (Å²) in [6.07, 6.45) is 9.83. The largest absolute Gasteiger partial charge is 0.343 e. The predicted octanol–water partition coefficient (Wildman–Crippen LogP) is 2.28. The van der Waals surface area contributed by atoms with E-state index in [9.17, 15) is 9.59 Å². The Bertz CT molecular complexity index is 511. The normalized spacial score (nSPS) is 27.6. The number of hydrogen-bond acceptors (Lipinski definition) is 3. The molecule has 0 aromatic carbocycles. The van der Waals surface area contributed by atoms with Gasteiger partial charge < -0.3 is 14.7 Å². The average molecular weight is 348 g/mol. The summed E-state index contributed by atoms with van der Waals surface area (Å²) in [5.41, 5.74) is 0.218. The monoisotopic (exact) mass is 347 g/mol. The van der Waals surface area contributed by atoms with Crippen LogP contribution in [0.5, 0.6) is 0 Å². The Labute approximate surface area is 152 Å². The molecule has 0 radical (unpaired) electrons. The van der Waals surface area contributed by atoms with Gasteiger partial charge in [0.2, 0.25) is 11.8 Å². The van der Waals surface area contributed by atoms with Crippen molar-refractivity contribution >= 4 is 11.8 Å². The van der Waals surface area contributed by atoms with Crippen molar-refractivity contribution in [3.05, 3.63) is 12.7 Å². The molecule has 5 heteroatoms. The van der Waals surface area contributed by atoms with Gasteiger partial charge in [-0.1, -0.05) is 12.5 Å². The van der Waals surface area contributed by atoms with E-state index in [1.165, 1.54) is 12.8 Å². The predicted molar refractivity (Wildman–Crippen MR) is 99.1 cm³/mol. The molecule has 140 valence electrons. The van der Waals surface area contributed by atoms with Gasteiger partial charge in [-0.05, 0) is 51.1 Å². The van der Waals surface area contributed by atoms with Crippen LogP contribution < -0.4 is 0 Å². The molecule has 0 N–H and O–H groups in total. The van der Waals surface area contributed by atoms with Gasteiger partial charge >= 0.3 is 0 Å². The summed E-state index contributed by atoms with van der Waals surface area (Å²) in [5, 5.41) is 0. The zero-order valence-corrected chi connectivity index (χ0v) is 15.7. The van der Waals surface area contributed by atoms with Crippen LogP contribution in [0.4, 0.5) is 0 Å². The highest BCUT2D eigenvalue weighted by Crippen LogP contribution is 2.40. The molecule has 0 saturated carbocycles. The fourth-order valence-corrected chi connectivity index (χ4v) is 4.80. The van der Waals surface area contributed by atoms with Gasteiger partial charge in [0.15, 0.2) is 0 Å². The van der Waals surface area contributed by atoms with E-state index in [4.69, 9.17) is 0 Å². The van der Waals surface area contributed by atoms with E-state index in [2.05, 4.69) is 23.4 Å². The van der Waals surface area contributed by atoms with E-state index in [1.807, 2.05) is 11.0 Å². The first-order valence-corrected chi connectivity index (χ1v) is 9.90. The second-order valence-electron chi connectivity index (χ2n) is 8.28. The zero-order valence-electron chi connectivity index (χ0n) is 15.7. The Morgan fingerprint density at radius 1 is 1.24 bits per heavy atom. The number of carbonyl (C=O) groups excluding carboxylic acids is 2. The van der Waals surface area contributed by atoms with E-state index in [-0.39, 0.29) is 11.3 Å². The molecule has 1 unspecified atom stereocenters. The Balaban J connectivity index is 1.51. The van der Waals surface area contributed by atoms with Crippen molar-refractivity contribution in [1.82, 2.24) is 14.7 Å². The first-order valence-electron chi connectivity index (χ1n) is 9.90. The first-order chi connectivity index (χ1) is 12.0. The number of rotatable bonds is 4. The topological polar surface area (TPSA) is 43.9 Å². The highest BCUT2D eigenvalue weighted by molar-refractivity contribution is 5.78. The van der Waals surface area contributed by atoms with Crippen LogP contribution in [0, 0.1) is 5.41 Å². The summed E-state index contributed by atoms with van der Waals surface area (Å²) >= 11 is 0. The minimum Gasteiger partial charge on any atom is -0.343 e. The Morgan fingerprint density at radius 3 is 2.68 bits per heavy atom. The fraction of sp³-hybridized carbons (Fsp3) is 0.800. The van der Waals surface area contributed by atoms with Gasteiger partial charge in [0.25, 0.3) is 0 Å². The lowest BCUT2D eigenvalue weighted by Gasteiger charge is -2.47. The van der Waals surface area contributed by atoms with Crippen LogP contribution in [0.2, 0.25) is 0 Å². The molecule has 1 spiro atoms. The third-order valence-corrected chi connectivity index (χ3v) is 6.61. The summed E-state index contributed by atoms with van der Waals surface area (Å²) < 4.78 is 0. The highest BCUT2D eigenvalue weighted by Gasteiger charge is 2.41. The summed E-state index contributed by atoms with van der Waals surface area (Å²) in [4.78, 5) is 31.1. The van der Waals surface area contributed by atoms with Crippen molar-refractivity contribution in [3.8, 4) is 0 Å². The first kappa shape index (κ1) is 18.4. The van der Waals surface area contributed by atoms with Crippen molar-refractivity contribution in [2.45, 2.75) is 57.4 Å². The molecule has 3 aliphatic rings. The van der Waals surface area contributed by atoms with E-state index >= 15 is 0 Å². The number of amides is 2. The Hall–Kier alpha value is -1.36. The van der Waals surface area contributed by atoms with Gasteiger partial charge in [-0.25, -0.2) is 0 Å². The fourth-order valence-electron chi connectivity index (χ4n) is 4.80. The SMILES string of the molecule is C=CCN1CC2(CCC1=O)CCN(C(=O)CC1CCCCN1C)CC2. The van der Waals surface area contributed by atoms with E-state index in [1.54, 1.807) is 0 Å². The third-order valence-electron chi connectivity index (χ3n) is 6.61. The standard InChI is InChI=1S/C20H33N3O2/c1-3-11-23-16-20(8-7-18(23)24)9-13-22(14-10-20)19(25)15-17-6-4-5-12-21(17)2/h3,17H,1,4-16H2,2H3. The van der Waals surface area contributed by atoms with Crippen LogP contribution in [-0.4, -0.2) is 72.3 Å². The minimum absolute atomic E-state index is 0.218. The van der Waals surface area contributed by atoms with Gasteiger partial charge in [0.05, 0.1) is 0 Å². The Morgan fingerprint density at radius 2 is 2.00 bits per heavy atom. The van der Waals surface area contributed by atoms with Gasteiger partial charge in [0.1, 0.15) is 0 Å². The molecule has 1 atom stereocenters. The number of nitrogens with zero attached hydrogens (tertiary/aromatic N) is 3. The summed E-state index contributed by atoms with van der Waals surface area (Å²) in [6, 6.07) is 0.424. The molecule has 3 fully saturated rings. The number of hydrogen-bond donors (Lipinski definition) is 0. The summed E-state index contributed by atoms with van der Waals surface area (Å²) in [6.45, 7) is 8.08. The molecule has 0 aromatic heterocycles. The highest BCUT2D eigenvalue weighted by atomic mass is 16.2. The van der Waals surface area contributed by atoms with E-state index in [0.29, 0.717) is 31.3 Å². The second kappa shape index (κ2) is 7.90. The molecule has 5 nitrogen and oxygen atoms in total. The maximum atomic E-state index is 12.7. The zero-order chi connectivity index (χ0) is 17.9. The average Bonchev–Trinajstić information content (AvgIpc) is 2.61. The molecular weight excluding hydrogens is 314 g/mol. The molecule has 3 aliphatic heterocycles. The Kier molecular flexibility index (Phi) is 5.82. The smallest absolute Gasteiger partial charge is 0.224 e. The van der Waals surface area contributed by atoms with Crippen molar-refractivity contribution < 1.29 is 9.59 Å². The van der Waals surface area contributed by atoms with Crippen molar-refractivity contribution in [2.24, 2.45) is 5.41 Å². The minimum atomic E-state index is 0.218. The molecule has 3 saturated heterocycles. The van der Waals surface area contributed by atoms with Crippen molar-refractivity contribution in [1.29, 1.82) is 0 Å². The summed E-state index contributed by atoms with van der Waals surface area (Å²) in [5.74, 6) is 0.577. The van der Waals surface area contributed by atoms with Crippen LogP contribution in [0.3, 0.4) is 0 Å². The number of carbonyl (C=O) groups is 2. The second-order valence-corrected chi connectivity index (χ2v) is 8.28. The van der Waals surface area contributed by atoms with Crippen molar-refractivity contribution in [3.63, 3.8) is 0 Å². The van der Waals surface area contributed by atoms with Crippen LogP contribution in [0.15, 0.2) is 12.7 Å². The molecular formula is C20H33N3O2. The van der Waals surface area contributed by atoms with Crippen LogP contribution >= 0.6 is 0 Å². The lowest BCUT2D eigenvalue weighted by Crippen LogP contribution is -2.53. The van der Waals surface area contributed by atoms with Gasteiger partial charge in [-0.15, -0.1) is 6.58 Å². The van der Waals surface area contributed by atoms with Gasteiger partial charge in [0, 0.05) is 45.1 Å². The molecule has 0 aliphatic carbocycles.